The Labute approximate surface area is 214 Å². The highest BCUT2D eigenvalue weighted by atomic mass is 35.5. The molecule has 1 atom stereocenters. The zero-order chi connectivity index (χ0) is 24.7. The van der Waals surface area contributed by atoms with Crippen molar-refractivity contribution < 1.29 is 18.3 Å². The van der Waals surface area contributed by atoms with Crippen molar-refractivity contribution in [2.45, 2.75) is 17.4 Å². The highest BCUT2D eigenvalue weighted by Gasteiger charge is 2.23. The van der Waals surface area contributed by atoms with Gasteiger partial charge < -0.3 is 10.4 Å². The van der Waals surface area contributed by atoms with Gasteiger partial charge >= 0.3 is 5.97 Å². The molecule has 0 fully saturated rings. The van der Waals surface area contributed by atoms with Gasteiger partial charge in [0.15, 0.2) is 0 Å². The number of carboxylic acids is 1. The molecule has 0 spiro atoms. The first kappa shape index (κ1) is 26.7. The summed E-state index contributed by atoms with van der Waals surface area (Å²) in [6.45, 7) is -0.312. The van der Waals surface area contributed by atoms with E-state index in [9.17, 15) is 13.2 Å². The van der Waals surface area contributed by atoms with Crippen LogP contribution in [0.3, 0.4) is 0 Å². The predicted molar refractivity (Wildman–Crippen MR) is 136 cm³/mol. The van der Waals surface area contributed by atoms with Crippen molar-refractivity contribution in [2.75, 3.05) is 11.9 Å². The first-order valence-electron chi connectivity index (χ1n) is 10.6. The lowest BCUT2D eigenvalue weighted by Gasteiger charge is -2.19. The number of aromatic nitrogens is 4. The molecule has 0 saturated heterocycles. The van der Waals surface area contributed by atoms with Crippen LogP contribution in [0.2, 0.25) is 0 Å². The molecule has 10 nitrogen and oxygen atoms in total. The Bertz CT molecular complexity index is 1390. The lowest BCUT2D eigenvalue weighted by Crippen LogP contribution is -2.31. The molecule has 0 aliphatic rings. The fourth-order valence-electron chi connectivity index (χ4n) is 3.41. The summed E-state index contributed by atoms with van der Waals surface area (Å²) in [5.41, 5.74) is 3.18. The van der Waals surface area contributed by atoms with Gasteiger partial charge in [-0.25, -0.2) is 18.1 Å². The van der Waals surface area contributed by atoms with Gasteiger partial charge in [-0.2, -0.15) is 10.2 Å². The number of sulfonamides is 1. The molecule has 186 valence electrons. The molecule has 36 heavy (non-hydrogen) atoms. The summed E-state index contributed by atoms with van der Waals surface area (Å²) < 4.78 is 28.8. The lowest BCUT2D eigenvalue weighted by atomic mass is 10.0. The Balaban J connectivity index is 0.00000361. The number of carbonyl (C=O) groups is 1. The number of nitrogens with one attached hydrogen (secondary N) is 2. The molecule has 3 heterocycles. The molecule has 0 aliphatic carbocycles. The van der Waals surface area contributed by atoms with Crippen molar-refractivity contribution in [1.29, 1.82) is 0 Å². The fourth-order valence-corrected chi connectivity index (χ4v) is 4.58. The van der Waals surface area contributed by atoms with E-state index < -0.39 is 22.0 Å². The van der Waals surface area contributed by atoms with E-state index in [4.69, 9.17) is 5.11 Å². The van der Waals surface area contributed by atoms with Crippen LogP contribution in [0.1, 0.15) is 17.3 Å². The van der Waals surface area contributed by atoms with Gasteiger partial charge in [0.2, 0.25) is 10.0 Å². The molecule has 3 aromatic heterocycles. The summed E-state index contributed by atoms with van der Waals surface area (Å²) >= 11 is 0. The van der Waals surface area contributed by atoms with Crippen LogP contribution in [-0.2, 0) is 21.2 Å². The highest BCUT2D eigenvalue weighted by molar-refractivity contribution is 7.89. The molecule has 0 amide bonds. The largest absolute Gasteiger partial charge is 0.480 e. The van der Waals surface area contributed by atoms with Gasteiger partial charge in [0.1, 0.15) is 17.3 Å². The average molecular weight is 527 g/mol. The molecule has 4 rings (SSSR count). The van der Waals surface area contributed by atoms with E-state index in [2.05, 4.69) is 30.2 Å². The lowest BCUT2D eigenvalue weighted by molar-refractivity contribution is -0.134. The maximum absolute atomic E-state index is 13.1. The minimum Gasteiger partial charge on any atom is -0.480 e. The molecule has 1 aromatic carbocycles. The topological polar surface area (TPSA) is 147 Å². The number of rotatable bonds is 10. The summed E-state index contributed by atoms with van der Waals surface area (Å²) in [7, 11) is -3.90. The van der Waals surface area contributed by atoms with Crippen molar-refractivity contribution in [3.8, 4) is 11.1 Å². The number of nitrogens with zero attached hydrogens (tertiary/aromatic N) is 4. The summed E-state index contributed by atoms with van der Waals surface area (Å²) in [5, 5.41) is 19.3. The van der Waals surface area contributed by atoms with Gasteiger partial charge in [-0.05, 0) is 47.9 Å². The van der Waals surface area contributed by atoms with Crippen LogP contribution in [-0.4, -0.2) is 46.2 Å². The van der Waals surface area contributed by atoms with E-state index in [-0.39, 0.29) is 23.8 Å². The van der Waals surface area contributed by atoms with Crippen molar-refractivity contribution in [2.24, 2.45) is 0 Å². The number of anilines is 1. The van der Waals surface area contributed by atoms with Crippen LogP contribution in [0, 0.1) is 0 Å². The second-order valence-corrected chi connectivity index (χ2v) is 9.30. The van der Waals surface area contributed by atoms with Gasteiger partial charge in [0, 0.05) is 18.0 Å². The standard InChI is InChI=1S/C24H22N6O4S.ClH/c31-24(32)16-26-23-5-1-4-21(29-23)22(30-35(33,34)20-3-2-11-25-15-20)13-17-6-8-18(9-7-17)19-10-12-27-28-14-19;/h1-12,14-15,22,30H,13,16H2,(H,26,29)(H,31,32);1H. The number of carboxylic acid groups (broad SMARTS) is 1. The van der Waals surface area contributed by atoms with Crippen LogP contribution in [0.5, 0.6) is 0 Å². The molecule has 12 heteroatoms. The Hall–Kier alpha value is -3.93. The van der Waals surface area contributed by atoms with E-state index in [1.165, 1.54) is 18.5 Å². The predicted octanol–water partition coefficient (Wildman–Crippen LogP) is 3.11. The minimum atomic E-state index is -3.90. The van der Waals surface area contributed by atoms with E-state index in [0.717, 1.165) is 16.7 Å². The Morgan fingerprint density at radius 2 is 1.72 bits per heavy atom. The third kappa shape index (κ3) is 7.04. The number of benzene rings is 1. The first-order chi connectivity index (χ1) is 16.9. The summed E-state index contributed by atoms with van der Waals surface area (Å²) in [6, 6.07) is 16.8. The summed E-state index contributed by atoms with van der Waals surface area (Å²) in [5.74, 6) is -0.702. The van der Waals surface area contributed by atoms with E-state index in [1.54, 1.807) is 36.7 Å². The normalized spacial score (nSPS) is 11.8. The van der Waals surface area contributed by atoms with Crippen molar-refractivity contribution in [3.63, 3.8) is 0 Å². The second-order valence-electron chi connectivity index (χ2n) is 7.59. The monoisotopic (exact) mass is 526 g/mol. The van der Waals surface area contributed by atoms with Crippen LogP contribution >= 0.6 is 12.4 Å². The quantitative estimate of drug-likeness (QED) is 0.283. The van der Waals surface area contributed by atoms with Crippen molar-refractivity contribution >= 4 is 34.2 Å². The Kier molecular flexibility index (Phi) is 9.01. The van der Waals surface area contributed by atoms with Crippen LogP contribution in [0.25, 0.3) is 11.1 Å². The molecule has 0 saturated carbocycles. The van der Waals surface area contributed by atoms with Gasteiger partial charge in [0.05, 0.1) is 24.1 Å². The zero-order valence-corrected chi connectivity index (χ0v) is 20.5. The van der Waals surface area contributed by atoms with Crippen LogP contribution in [0.4, 0.5) is 5.82 Å². The molecule has 0 radical (unpaired) electrons. The molecular formula is C24H23ClN6O4S. The van der Waals surface area contributed by atoms with Gasteiger partial charge in [-0.15, -0.1) is 12.4 Å². The highest BCUT2D eigenvalue weighted by Crippen LogP contribution is 2.24. The fraction of sp³-hybridized carbons (Fsp3) is 0.125. The number of pyridine rings is 2. The van der Waals surface area contributed by atoms with Crippen molar-refractivity contribution in [3.05, 3.63) is 96.7 Å². The van der Waals surface area contributed by atoms with Gasteiger partial charge in [-0.3, -0.25) is 9.78 Å². The van der Waals surface area contributed by atoms with E-state index >= 15 is 0 Å². The summed E-state index contributed by atoms with van der Waals surface area (Å²) in [4.78, 5) is 19.3. The Morgan fingerprint density at radius 3 is 2.39 bits per heavy atom. The molecular weight excluding hydrogens is 504 g/mol. The molecule has 4 aromatic rings. The SMILES string of the molecule is Cl.O=C(O)CNc1cccc(C(Cc2ccc(-c3ccnnc3)cc2)NS(=O)(=O)c2cccnc2)n1. The average Bonchev–Trinajstić information content (AvgIpc) is 2.89. The molecule has 1 unspecified atom stereocenters. The summed E-state index contributed by atoms with van der Waals surface area (Å²) in [6.07, 6.45) is 6.36. The first-order valence-corrected chi connectivity index (χ1v) is 12.1. The Morgan fingerprint density at radius 1 is 0.917 bits per heavy atom. The van der Waals surface area contributed by atoms with Crippen molar-refractivity contribution in [1.82, 2.24) is 24.9 Å². The molecule has 3 N–H and O–H groups in total. The third-order valence-corrected chi connectivity index (χ3v) is 6.56. The van der Waals surface area contributed by atoms with Gasteiger partial charge in [0.25, 0.3) is 0 Å². The smallest absolute Gasteiger partial charge is 0.322 e. The van der Waals surface area contributed by atoms with E-state index in [0.29, 0.717) is 17.9 Å². The van der Waals surface area contributed by atoms with E-state index in [1.807, 2.05) is 30.3 Å². The number of halogens is 1. The maximum Gasteiger partial charge on any atom is 0.322 e. The van der Waals surface area contributed by atoms with Crippen LogP contribution in [0.15, 0.2) is 90.3 Å². The zero-order valence-electron chi connectivity index (χ0n) is 18.9. The molecule has 0 bridgehead atoms. The number of hydrogen-bond acceptors (Lipinski definition) is 8. The van der Waals surface area contributed by atoms with Crippen LogP contribution < -0.4 is 10.0 Å². The maximum atomic E-state index is 13.1. The van der Waals surface area contributed by atoms with Gasteiger partial charge in [-0.1, -0.05) is 30.3 Å². The third-order valence-electron chi connectivity index (χ3n) is 5.10. The number of hydrogen-bond donors (Lipinski definition) is 3. The minimum absolute atomic E-state index is 0. The number of aliphatic carboxylic acids is 1. The molecule has 0 aliphatic heterocycles. The second kappa shape index (κ2) is 12.2.